The molecule has 3 rings (SSSR count). The molecule has 1 amide bonds. The Labute approximate surface area is 148 Å². The van der Waals surface area contributed by atoms with Crippen molar-refractivity contribution in [1.29, 1.82) is 0 Å². The monoisotopic (exact) mass is 349 g/mol. The number of piperazine rings is 1. The number of nitrogens with zero attached hydrogens (tertiary/aromatic N) is 6. The van der Waals surface area contributed by atoms with Crippen LogP contribution in [0.5, 0.6) is 0 Å². The molecule has 2 aliphatic rings. The summed E-state index contributed by atoms with van der Waals surface area (Å²) >= 11 is 0. The van der Waals surface area contributed by atoms with Crippen molar-refractivity contribution in [3.8, 4) is 0 Å². The predicted molar refractivity (Wildman–Crippen MR) is 94.2 cm³/mol. The Hall–Kier alpha value is -2.16. The summed E-state index contributed by atoms with van der Waals surface area (Å²) in [7, 11) is 0. The Kier molecular flexibility index (Phi) is 5.85. The van der Waals surface area contributed by atoms with Crippen LogP contribution in [0, 0.1) is 0 Å². The lowest BCUT2D eigenvalue weighted by atomic mass is 10.1. The molecule has 1 aromatic rings. The van der Waals surface area contributed by atoms with Gasteiger partial charge in [-0.25, -0.2) is 4.79 Å². The van der Waals surface area contributed by atoms with Gasteiger partial charge < -0.3 is 20.3 Å². The Balaban J connectivity index is 1.58. The third-order valence-electron chi connectivity index (χ3n) is 4.59. The topological polar surface area (TPSA) is 101 Å². The number of piperidine rings is 1. The first kappa shape index (κ1) is 17.7. The second-order valence-corrected chi connectivity index (χ2v) is 6.42. The molecule has 2 aliphatic heterocycles. The second-order valence-electron chi connectivity index (χ2n) is 6.42. The smallest absolute Gasteiger partial charge is 0.409 e. The normalized spacial score (nSPS) is 19.1. The molecule has 0 aromatic carbocycles. The van der Waals surface area contributed by atoms with E-state index in [1.54, 1.807) is 4.90 Å². The molecule has 0 saturated carbocycles. The van der Waals surface area contributed by atoms with Crippen molar-refractivity contribution in [2.24, 2.45) is 0 Å². The molecular weight excluding hydrogens is 322 g/mol. The molecule has 138 valence electrons. The van der Waals surface area contributed by atoms with E-state index < -0.39 is 0 Å². The summed E-state index contributed by atoms with van der Waals surface area (Å²) in [5.74, 6) is 1.65. The molecule has 0 radical (unpaired) electrons. The molecule has 0 aliphatic carbocycles. The van der Waals surface area contributed by atoms with Gasteiger partial charge in [-0.05, 0) is 26.2 Å². The molecule has 3 heterocycles. The lowest BCUT2D eigenvalue weighted by Gasteiger charge is -2.33. The van der Waals surface area contributed by atoms with Crippen LogP contribution in [0.2, 0.25) is 0 Å². The maximum Gasteiger partial charge on any atom is 0.409 e. The second kappa shape index (κ2) is 8.28. The van der Waals surface area contributed by atoms with E-state index in [4.69, 9.17) is 10.5 Å². The van der Waals surface area contributed by atoms with Crippen molar-refractivity contribution in [3.05, 3.63) is 5.82 Å². The number of rotatable bonds is 4. The van der Waals surface area contributed by atoms with Crippen LogP contribution in [0.15, 0.2) is 0 Å². The van der Waals surface area contributed by atoms with Gasteiger partial charge in [-0.2, -0.15) is 15.0 Å². The molecule has 0 atom stereocenters. The van der Waals surface area contributed by atoms with Crippen molar-refractivity contribution in [2.45, 2.75) is 32.7 Å². The van der Waals surface area contributed by atoms with Crippen LogP contribution in [0.25, 0.3) is 0 Å². The summed E-state index contributed by atoms with van der Waals surface area (Å²) in [6.07, 6.45) is 3.35. The zero-order valence-corrected chi connectivity index (χ0v) is 14.9. The van der Waals surface area contributed by atoms with Gasteiger partial charge in [0.15, 0.2) is 0 Å². The Morgan fingerprint density at radius 1 is 1.04 bits per heavy atom. The molecular formula is C16H27N7O2. The van der Waals surface area contributed by atoms with E-state index in [0.29, 0.717) is 38.0 Å². The molecule has 2 saturated heterocycles. The number of amides is 1. The van der Waals surface area contributed by atoms with Gasteiger partial charge in [0.2, 0.25) is 11.9 Å². The van der Waals surface area contributed by atoms with Crippen LogP contribution in [0.4, 0.5) is 16.7 Å². The summed E-state index contributed by atoms with van der Waals surface area (Å²) < 4.78 is 5.05. The third-order valence-corrected chi connectivity index (χ3v) is 4.59. The van der Waals surface area contributed by atoms with E-state index >= 15 is 0 Å². The van der Waals surface area contributed by atoms with E-state index in [9.17, 15) is 4.79 Å². The van der Waals surface area contributed by atoms with Gasteiger partial charge in [0.05, 0.1) is 13.2 Å². The number of carbonyl (C=O) groups excluding carboxylic acids is 1. The zero-order valence-electron chi connectivity index (χ0n) is 14.9. The molecule has 9 heteroatoms. The van der Waals surface area contributed by atoms with E-state index in [2.05, 4.69) is 24.8 Å². The number of aromatic nitrogens is 3. The van der Waals surface area contributed by atoms with Crippen LogP contribution in [0.1, 0.15) is 32.0 Å². The SMILES string of the molecule is CCOC(=O)N1CCN(Cc2nc(N)nc(N3CCCCC3)n2)CC1. The predicted octanol–water partition coefficient (Wildman–Crippen LogP) is 0.718. The van der Waals surface area contributed by atoms with Gasteiger partial charge in [0, 0.05) is 39.3 Å². The maximum atomic E-state index is 11.8. The van der Waals surface area contributed by atoms with Gasteiger partial charge >= 0.3 is 6.09 Å². The summed E-state index contributed by atoms with van der Waals surface area (Å²) in [6, 6.07) is 0. The summed E-state index contributed by atoms with van der Waals surface area (Å²) in [6.45, 7) is 7.62. The van der Waals surface area contributed by atoms with Crippen LogP contribution in [-0.2, 0) is 11.3 Å². The van der Waals surface area contributed by atoms with Gasteiger partial charge in [-0.15, -0.1) is 0 Å². The highest BCUT2D eigenvalue weighted by atomic mass is 16.6. The minimum absolute atomic E-state index is 0.237. The number of nitrogen functional groups attached to an aromatic ring is 1. The fraction of sp³-hybridized carbons (Fsp3) is 0.750. The molecule has 2 fully saturated rings. The molecule has 0 spiro atoms. The lowest BCUT2D eigenvalue weighted by molar-refractivity contribution is 0.0772. The number of ether oxygens (including phenoxy) is 1. The molecule has 9 nitrogen and oxygen atoms in total. The fourth-order valence-electron chi connectivity index (χ4n) is 3.23. The summed E-state index contributed by atoms with van der Waals surface area (Å²) in [5.41, 5.74) is 5.89. The van der Waals surface area contributed by atoms with Gasteiger partial charge in [-0.1, -0.05) is 0 Å². The molecule has 1 aromatic heterocycles. The highest BCUT2D eigenvalue weighted by molar-refractivity contribution is 5.67. The zero-order chi connectivity index (χ0) is 17.6. The van der Waals surface area contributed by atoms with Gasteiger partial charge in [-0.3, -0.25) is 4.90 Å². The van der Waals surface area contributed by atoms with Gasteiger partial charge in [0.25, 0.3) is 0 Å². The Morgan fingerprint density at radius 2 is 1.76 bits per heavy atom. The first-order valence-electron chi connectivity index (χ1n) is 9.05. The third kappa shape index (κ3) is 4.68. The quantitative estimate of drug-likeness (QED) is 0.848. The molecule has 0 unspecified atom stereocenters. The van der Waals surface area contributed by atoms with Crippen molar-refractivity contribution < 1.29 is 9.53 Å². The fourth-order valence-corrected chi connectivity index (χ4v) is 3.23. The van der Waals surface area contributed by atoms with Crippen LogP contribution in [0.3, 0.4) is 0 Å². The van der Waals surface area contributed by atoms with Crippen molar-refractivity contribution >= 4 is 18.0 Å². The molecule has 0 bridgehead atoms. The first-order valence-corrected chi connectivity index (χ1v) is 9.05. The van der Waals surface area contributed by atoms with E-state index in [-0.39, 0.29) is 12.0 Å². The number of nitrogens with two attached hydrogens (primary N) is 1. The Bertz CT molecular complexity index is 584. The number of hydrogen-bond donors (Lipinski definition) is 1. The maximum absolute atomic E-state index is 11.8. The van der Waals surface area contributed by atoms with E-state index in [1.165, 1.54) is 6.42 Å². The minimum Gasteiger partial charge on any atom is -0.450 e. The number of anilines is 2. The van der Waals surface area contributed by atoms with Crippen LogP contribution >= 0.6 is 0 Å². The summed E-state index contributed by atoms with van der Waals surface area (Å²) in [5, 5.41) is 0. The Morgan fingerprint density at radius 3 is 2.44 bits per heavy atom. The lowest BCUT2D eigenvalue weighted by Crippen LogP contribution is -2.48. The van der Waals surface area contributed by atoms with Crippen molar-refractivity contribution in [2.75, 3.05) is 56.5 Å². The number of hydrogen-bond acceptors (Lipinski definition) is 8. The first-order chi connectivity index (χ1) is 12.2. The average molecular weight is 349 g/mol. The highest BCUT2D eigenvalue weighted by Crippen LogP contribution is 2.17. The average Bonchev–Trinajstić information content (AvgIpc) is 2.63. The van der Waals surface area contributed by atoms with Crippen molar-refractivity contribution in [3.63, 3.8) is 0 Å². The van der Waals surface area contributed by atoms with Crippen molar-refractivity contribution in [1.82, 2.24) is 24.8 Å². The summed E-state index contributed by atoms with van der Waals surface area (Å²) in [4.78, 5) is 31.1. The minimum atomic E-state index is -0.237. The molecule has 2 N–H and O–H groups in total. The highest BCUT2D eigenvalue weighted by Gasteiger charge is 2.23. The molecule has 25 heavy (non-hydrogen) atoms. The standard InChI is InChI=1S/C16H27N7O2/c1-2-25-16(24)23-10-8-21(9-11-23)12-13-18-14(17)20-15(19-13)22-6-4-3-5-7-22/h2-12H2,1H3,(H2,17,18,19,20). The van der Waals surface area contributed by atoms with Crippen LogP contribution < -0.4 is 10.6 Å². The largest absolute Gasteiger partial charge is 0.450 e. The number of carbonyl (C=O) groups is 1. The van der Waals surface area contributed by atoms with Gasteiger partial charge in [0.1, 0.15) is 5.82 Å². The van der Waals surface area contributed by atoms with E-state index in [0.717, 1.165) is 39.0 Å². The van der Waals surface area contributed by atoms with Crippen LogP contribution in [-0.4, -0.2) is 76.7 Å². The van der Waals surface area contributed by atoms with E-state index in [1.807, 2.05) is 6.92 Å².